The van der Waals surface area contributed by atoms with Crippen LogP contribution in [0.25, 0.3) is 0 Å². The molecule has 1 aromatic rings. The van der Waals surface area contributed by atoms with Gasteiger partial charge in [-0.05, 0) is 32.4 Å². The van der Waals surface area contributed by atoms with Gasteiger partial charge >= 0.3 is 0 Å². The van der Waals surface area contributed by atoms with Crippen molar-refractivity contribution in [2.75, 3.05) is 13.2 Å². The standard InChI is InChI=1S/C13H19NO/c1-9-5-10(2)7-12(6-9)13-11(8-14)3-4-15-13/h5-7,11,13H,3-4,8,14H2,1-2H3. The van der Waals surface area contributed by atoms with E-state index in [0.29, 0.717) is 5.92 Å². The minimum absolute atomic E-state index is 0.216. The van der Waals surface area contributed by atoms with Gasteiger partial charge in [-0.2, -0.15) is 0 Å². The molecular formula is C13H19NO. The monoisotopic (exact) mass is 205 g/mol. The van der Waals surface area contributed by atoms with Gasteiger partial charge in [0.1, 0.15) is 0 Å². The zero-order chi connectivity index (χ0) is 10.8. The maximum Gasteiger partial charge on any atom is 0.0866 e. The fraction of sp³-hybridized carbons (Fsp3) is 0.538. The third-order valence-corrected chi connectivity index (χ3v) is 3.09. The van der Waals surface area contributed by atoms with E-state index in [0.717, 1.165) is 19.6 Å². The summed E-state index contributed by atoms with van der Waals surface area (Å²) in [5.74, 6) is 0.492. The van der Waals surface area contributed by atoms with Crippen molar-refractivity contribution in [2.45, 2.75) is 26.4 Å². The fourth-order valence-corrected chi connectivity index (χ4v) is 2.42. The van der Waals surface area contributed by atoms with Crippen LogP contribution in [0.2, 0.25) is 0 Å². The van der Waals surface area contributed by atoms with Gasteiger partial charge in [-0.25, -0.2) is 0 Å². The Balaban J connectivity index is 2.28. The van der Waals surface area contributed by atoms with Gasteiger partial charge in [0.25, 0.3) is 0 Å². The van der Waals surface area contributed by atoms with Crippen molar-refractivity contribution in [1.29, 1.82) is 0 Å². The van der Waals surface area contributed by atoms with E-state index < -0.39 is 0 Å². The number of hydrogen-bond donors (Lipinski definition) is 1. The second-order valence-corrected chi connectivity index (χ2v) is 4.50. The number of ether oxygens (including phenoxy) is 1. The van der Waals surface area contributed by atoms with Gasteiger partial charge in [-0.3, -0.25) is 0 Å². The molecule has 1 saturated heterocycles. The molecule has 2 unspecified atom stereocenters. The van der Waals surface area contributed by atoms with E-state index in [1.165, 1.54) is 16.7 Å². The van der Waals surface area contributed by atoms with E-state index in [1.807, 2.05) is 0 Å². The van der Waals surface area contributed by atoms with E-state index in [2.05, 4.69) is 32.0 Å². The van der Waals surface area contributed by atoms with Crippen molar-refractivity contribution in [3.63, 3.8) is 0 Å². The highest BCUT2D eigenvalue weighted by molar-refractivity contribution is 5.30. The summed E-state index contributed by atoms with van der Waals surface area (Å²) in [6, 6.07) is 6.62. The van der Waals surface area contributed by atoms with Crippen molar-refractivity contribution in [3.8, 4) is 0 Å². The highest BCUT2D eigenvalue weighted by Crippen LogP contribution is 2.34. The molecule has 1 aliphatic heterocycles. The Morgan fingerprint density at radius 2 is 1.93 bits per heavy atom. The molecule has 15 heavy (non-hydrogen) atoms. The van der Waals surface area contributed by atoms with E-state index in [9.17, 15) is 0 Å². The summed E-state index contributed by atoms with van der Waals surface area (Å²) >= 11 is 0. The molecule has 0 aromatic heterocycles. The lowest BCUT2D eigenvalue weighted by atomic mass is 9.93. The first-order valence-corrected chi connectivity index (χ1v) is 5.60. The van der Waals surface area contributed by atoms with E-state index in [-0.39, 0.29) is 6.10 Å². The molecule has 1 fully saturated rings. The molecule has 2 rings (SSSR count). The molecular weight excluding hydrogens is 186 g/mol. The summed E-state index contributed by atoms with van der Waals surface area (Å²) in [6.07, 6.45) is 1.31. The summed E-state index contributed by atoms with van der Waals surface area (Å²) in [6.45, 7) is 5.82. The van der Waals surface area contributed by atoms with Crippen LogP contribution in [-0.2, 0) is 4.74 Å². The Bertz CT molecular complexity index is 328. The summed E-state index contributed by atoms with van der Waals surface area (Å²) in [7, 11) is 0. The molecule has 1 aromatic carbocycles. The molecule has 2 N–H and O–H groups in total. The first-order valence-electron chi connectivity index (χ1n) is 5.60. The molecule has 0 amide bonds. The normalized spacial score (nSPS) is 25.8. The lowest BCUT2D eigenvalue weighted by Gasteiger charge is -2.18. The van der Waals surface area contributed by atoms with Crippen LogP contribution in [0.4, 0.5) is 0 Å². The predicted octanol–water partition coefficient (Wildman–Crippen LogP) is 2.34. The summed E-state index contributed by atoms with van der Waals surface area (Å²) < 4.78 is 5.77. The average Bonchev–Trinajstić information content (AvgIpc) is 2.63. The Hall–Kier alpha value is -0.860. The Morgan fingerprint density at radius 3 is 2.53 bits per heavy atom. The van der Waals surface area contributed by atoms with Gasteiger partial charge in [-0.15, -0.1) is 0 Å². The largest absolute Gasteiger partial charge is 0.373 e. The van der Waals surface area contributed by atoms with Crippen molar-refractivity contribution in [3.05, 3.63) is 34.9 Å². The number of aryl methyl sites for hydroxylation is 2. The maximum atomic E-state index is 5.77. The van der Waals surface area contributed by atoms with Crippen molar-refractivity contribution >= 4 is 0 Å². The molecule has 0 aliphatic carbocycles. The van der Waals surface area contributed by atoms with Gasteiger partial charge in [-0.1, -0.05) is 29.3 Å². The average molecular weight is 205 g/mol. The van der Waals surface area contributed by atoms with Crippen LogP contribution in [0.3, 0.4) is 0 Å². The van der Waals surface area contributed by atoms with Crippen LogP contribution >= 0.6 is 0 Å². The lowest BCUT2D eigenvalue weighted by molar-refractivity contribution is 0.0924. The summed E-state index contributed by atoms with van der Waals surface area (Å²) in [4.78, 5) is 0. The minimum atomic E-state index is 0.216. The fourth-order valence-electron chi connectivity index (χ4n) is 2.42. The summed E-state index contributed by atoms with van der Waals surface area (Å²) in [5, 5.41) is 0. The molecule has 1 heterocycles. The highest BCUT2D eigenvalue weighted by atomic mass is 16.5. The maximum absolute atomic E-state index is 5.77. The smallest absolute Gasteiger partial charge is 0.0866 e. The topological polar surface area (TPSA) is 35.2 Å². The van der Waals surface area contributed by atoms with Crippen molar-refractivity contribution in [1.82, 2.24) is 0 Å². The third-order valence-electron chi connectivity index (χ3n) is 3.09. The zero-order valence-electron chi connectivity index (χ0n) is 9.49. The van der Waals surface area contributed by atoms with Crippen LogP contribution in [-0.4, -0.2) is 13.2 Å². The number of nitrogens with two attached hydrogens (primary N) is 1. The first-order chi connectivity index (χ1) is 7.20. The molecule has 0 saturated carbocycles. The van der Waals surface area contributed by atoms with Crippen LogP contribution in [0.15, 0.2) is 18.2 Å². The molecule has 1 aliphatic rings. The minimum Gasteiger partial charge on any atom is -0.373 e. The van der Waals surface area contributed by atoms with Gasteiger partial charge in [0.15, 0.2) is 0 Å². The number of hydrogen-bond acceptors (Lipinski definition) is 2. The molecule has 0 radical (unpaired) electrons. The third kappa shape index (κ3) is 2.21. The number of benzene rings is 1. The van der Waals surface area contributed by atoms with Gasteiger partial charge in [0.2, 0.25) is 0 Å². The lowest BCUT2D eigenvalue weighted by Crippen LogP contribution is -2.18. The second kappa shape index (κ2) is 4.33. The summed E-state index contributed by atoms with van der Waals surface area (Å²) in [5.41, 5.74) is 9.65. The first kappa shape index (κ1) is 10.7. The van der Waals surface area contributed by atoms with Crippen molar-refractivity contribution in [2.24, 2.45) is 11.7 Å². The van der Waals surface area contributed by atoms with Crippen LogP contribution in [0.1, 0.15) is 29.2 Å². The highest BCUT2D eigenvalue weighted by Gasteiger charge is 2.28. The second-order valence-electron chi connectivity index (χ2n) is 4.50. The zero-order valence-corrected chi connectivity index (χ0v) is 9.49. The van der Waals surface area contributed by atoms with Crippen LogP contribution < -0.4 is 5.73 Å². The quantitative estimate of drug-likeness (QED) is 0.804. The molecule has 2 atom stereocenters. The molecule has 0 bridgehead atoms. The number of rotatable bonds is 2. The van der Waals surface area contributed by atoms with E-state index in [1.54, 1.807) is 0 Å². The molecule has 0 spiro atoms. The SMILES string of the molecule is Cc1cc(C)cc(C2OCCC2CN)c1. The molecule has 2 nitrogen and oxygen atoms in total. The predicted molar refractivity (Wildman–Crippen MR) is 61.8 cm³/mol. The Morgan fingerprint density at radius 1 is 1.27 bits per heavy atom. The Labute approximate surface area is 91.4 Å². The van der Waals surface area contributed by atoms with E-state index in [4.69, 9.17) is 10.5 Å². The Kier molecular flexibility index (Phi) is 3.08. The molecule has 2 heteroatoms. The molecule has 82 valence electrons. The van der Waals surface area contributed by atoms with E-state index >= 15 is 0 Å². The van der Waals surface area contributed by atoms with Gasteiger partial charge in [0, 0.05) is 12.5 Å². The van der Waals surface area contributed by atoms with Gasteiger partial charge < -0.3 is 10.5 Å². The van der Waals surface area contributed by atoms with Crippen LogP contribution in [0, 0.1) is 19.8 Å². The van der Waals surface area contributed by atoms with Gasteiger partial charge in [0.05, 0.1) is 6.10 Å². The van der Waals surface area contributed by atoms with Crippen LogP contribution in [0.5, 0.6) is 0 Å². The van der Waals surface area contributed by atoms with Crippen molar-refractivity contribution < 1.29 is 4.74 Å².